The number of hydrogen-bond donors (Lipinski definition) is 1. The van der Waals surface area contributed by atoms with Crippen molar-refractivity contribution in [2.75, 3.05) is 12.3 Å². The Kier molecular flexibility index (Phi) is 4.21. The minimum absolute atomic E-state index is 0.454. The zero-order valence-electron chi connectivity index (χ0n) is 8.75. The van der Waals surface area contributed by atoms with Gasteiger partial charge in [0.05, 0.1) is 27.5 Å². The van der Waals surface area contributed by atoms with Crippen LogP contribution in [0, 0.1) is 20.8 Å². The molecule has 1 aromatic rings. The van der Waals surface area contributed by atoms with Gasteiger partial charge in [-0.2, -0.15) is 5.26 Å². The summed E-state index contributed by atoms with van der Waals surface area (Å²) in [5.74, 6) is 1.14. The van der Waals surface area contributed by atoms with Gasteiger partial charge in [0, 0.05) is 0 Å². The number of nitrogens with zero attached hydrogens (tertiary/aromatic N) is 1. The lowest BCUT2D eigenvalue weighted by Crippen LogP contribution is -2.07. The third kappa shape index (κ3) is 3.27. The molecule has 0 heterocycles. The monoisotopic (exact) mass is 316 g/mol. The highest BCUT2D eigenvalue weighted by molar-refractivity contribution is 14.1. The molecule has 1 aromatic carbocycles. The van der Waals surface area contributed by atoms with Gasteiger partial charge in [-0.05, 0) is 40.6 Å². The second kappa shape index (κ2) is 5.21. The van der Waals surface area contributed by atoms with Gasteiger partial charge in [0.25, 0.3) is 0 Å². The molecule has 0 radical (unpaired) electrons. The van der Waals surface area contributed by atoms with Crippen LogP contribution in [0.15, 0.2) is 12.1 Å². The van der Waals surface area contributed by atoms with E-state index in [1.54, 1.807) is 12.1 Å². The summed E-state index contributed by atoms with van der Waals surface area (Å²) in [6.07, 6.45) is 0. The Morgan fingerprint density at radius 2 is 2.20 bits per heavy atom. The molecular weight excluding hydrogens is 303 g/mol. The minimum atomic E-state index is 0.454. The van der Waals surface area contributed by atoms with E-state index in [1.807, 2.05) is 0 Å². The summed E-state index contributed by atoms with van der Waals surface area (Å²) in [6, 6.07) is 5.47. The molecule has 0 fully saturated rings. The zero-order valence-corrected chi connectivity index (χ0v) is 10.9. The van der Waals surface area contributed by atoms with Gasteiger partial charge in [-0.25, -0.2) is 0 Å². The maximum Gasteiger partial charge on any atom is 0.155 e. The molecule has 0 spiro atoms. The van der Waals surface area contributed by atoms with E-state index in [9.17, 15) is 0 Å². The smallest absolute Gasteiger partial charge is 0.155 e. The van der Waals surface area contributed by atoms with E-state index < -0.39 is 0 Å². The number of nitrogens with two attached hydrogens (primary N) is 1. The minimum Gasteiger partial charge on any atom is -0.490 e. The van der Waals surface area contributed by atoms with Crippen molar-refractivity contribution in [3.8, 4) is 11.8 Å². The largest absolute Gasteiger partial charge is 0.490 e. The van der Waals surface area contributed by atoms with Gasteiger partial charge in [-0.15, -0.1) is 0 Å². The Morgan fingerprint density at radius 3 is 2.67 bits per heavy atom. The number of halogens is 1. The van der Waals surface area contributed by atoms with Crippen molar-refractivity contribution in [1.29, 1.82) is 5.26 Å². The SMILES string of the molecule is CC(C)COc1c(N)cc(C#N)cc1I. The van der Waals surface area contributed by atoms with E-state index in [0.29, 0.717) is 29.5 Å². The second-order valence-electron chi connectivity index (χ2n) is 3.69. The molecule has 0 aliphatic carbocycles. The molecule has 0 aliphatic rings. The molecule has 0 saturated heterocycles. The summed E-state index contributed by atoms with van der Waals surface area (Å²) < 4.78 is 6.47. The molecule has 0 saturated carbocycles. The highest BCUT2D eigenvalue weighted by Gasteiger charge is 2.08. The van der Waals surface area contributed by atoms with E-state index in [4.69, 9.17) is 15.7 Å². The van der Waals surface area contributed by atoms with Gasteiger partial charge in [-0.3, -0.25) is 0 Å². The van der Waals surface area contributed by atoms with Crippen LogP contribution in [-0.4, -0.2) is 6.61 Å². The first-order valence-corrected chi connectivity index (χ1v) is 5.74. The molecule has 15 heavy (non-hydrogen) atoms. The fraction of sp³-hybridized carbons (Fsp3) is 0.364. The lowest BCUT2D eigenvalue weighted by molar-refractivity contribution is 0.270. The van der Waals surface area contributed by atoms with Gasteiger partial charge in [-0.1, -0.05) is 13.8 Å². The fourth-order valence-corrected chi connectivity index (χ4v) is 1.88. The number of rotatable bonds is 3. The first kappa shape index (κ1) is 12.1. The van der Waals surface area contributed by atoms with E-state index in [2.05, 4.69) is 42.5 Å². The Bertz CT molecular complexity index is 373. The summed E-state index contributed by atoms with van der Waals surface area (Å²) in [5.41, 5.74) is 6.89. The lowest BCUT2D eigenvalue weighted by Gasteiger charge is -2.12. The van der Waals surface area contributed by atoms with Crippen LogP contribution in [0.4, 0.5) is 5.69 Å². The Hall–Kier alpha value is -0.960. The molecule has 0 amide bonds. The molecule has 3 nitrogen and oxygen atoms in total. The third-order valence-corrected chi connectivity index (χ3v) is 2.56. The van der Waals surface area contributed by atoms with Crippen molar-refractivity contribution in [3.63, 3.8) is 0 Å². The number of benzene rings is 1. The van der Waals surface area contributed by atoms with Crippen molar-refractivity contribution in [2.45, 2.75) is 13.8 Å². The summed E-state index contributed by atoms with van der Waals surface area (Å²) in [4.78, 5) is 0. The van der Waals surface area contributed by atoms with Crippen molar-refractivity contribution < 1.29 is 4.74 Å². The molecule has 0 aliphatic heterocycles. The number of nitriles is 1. The fourth-order valence-electron chi connectivity index (χ4n) is 1.08. The van der Waals surface area contributed by atoms with Crippen LogP contribution in [0.2, 0.25) is 0 Å². The van der Waals surface area contributed by atoms with E-state index in [-0.39, 0.29) is 0 Å². The second-order valence-corrected chi connectivity index (χ2v) is 4.86. The van der Waals surface area contributed by atoms with Crippen molar-refractivity contribution in [1.82, 2.24) is 0 Å². The summed E-state index contributed by atoms with van der Waals surface area (Å²) in [6.45, 7) is 4.78. The standard InChI is InChI=1S/C11H13IN2O/c1-7(2)6-15-11-9(12)3-8(5-13)4-10(11)14/h3-4,7H,6,14H2,1-2H3. The quantitative estimate of drug-likeness (QED) is 0.689. The van der Waals surface area contributed by atoms with Crippen molar-refractivity contribution >= 4 is 28.3 Å². The normalized spacial score (nSPS) is 10.1. The molecule has 0 aromatic heterocycles. The van der Waals surface area contributed by atoms with Crippen LogP contribution in [0.1, 0.15) is 19.4 Å². The first-order chi connectivity index (χ1) is 7.04. The number of anilines is 1. The zero-order chi connectivity index (χ0) is 11.4. The van der Waals surface area contributed by atoms with Crippen LogP contribution in [0.25, 0.3) is 0 Å². The first-order valence-electron chi connectivity index (χ1n) is 4.66. The van der Waals surface area contributed by atoms with Gasteiger partial charge >= 0.3 is 0 Å². The predicted molar refractivity (Wildman–Crippen MR) is 68.6 cm³/mol. The van der Waals surface area contributed by atoms with E-state index in [0.717, 1.165) is 3.57 Å². The average molecular weight is 316 g/mol. The lowest BCUT2D eigenvalue weighted by atomic mass is 10.2. The predicted octanol–water partition coefficient (Wildman–Crippen LogP) is 2.78. The summed E-state index contributed by atoms with van der Waals surface area (Å²) in [5, 5.41) is 8.75. The van der Waals surface area contributed by atoms with Crippen LogP contribution < -0.4 is 10.5 Å². The van der Waals surface area contributed by atoms with Gasteiger partial charge in [0.15, 0.2) is 5.75 Å². The van der Waals surface area contributed by atoms with Gasteiger partial charge in [0.2, 0.25) is 0 Å². The van der Waals surface area contributed by atoms with Crippen LogP contribution in [0.3, 0.4) is 0 Å². The number of ether oxygens (including phenoxy) is 1. The van der Waals surface area contributed by atoms with Crippen LogP contribution in [0.5, 0.6) is 5.75 Å². The number of hydrogen-bond acceptors (Lipinski definition) is 3. The van der Waals surface area contributed by atoms with Crippen LogP contribution >= 0.6 is 22.6 Å². The molecule has 2 N–H and O–H groups in total. The van der Waals surface area contributed by atoms with Gasteiger partial charge in [0.1, 0.15) is 0 Å². The molecule has 1 rings (SSSR count). The molecule has 0 bridgehead atoms. The Balaban J connectivity index is 2.94. The van der Waals surface area contributed by atoms with Crippen LogP contribution in [-0.2, 0) is 0 Å². The summed E-state index contributed by atoms with van der Waals surface area (Å²) in [7, 11) is 0. The molecule has 0 atom stereocenters. The highest BCUT2D eigenvalue weighted by atomic mass is 127. The molecule has 80 valence electrons. The van der Waals surface area contributed by atoms with E-state index >= 15 is 0 Å². The molecule has 4 heteroatoms. The Labute approximate surface area is 103 Å². The average Bonchev–Trinajstić information content (AvgIpc) is 2.15. The molecular formula is C11H13IN2O. The topological polar surface area (TPSA) is 59.0 Å². The maximum atomic E-state index is 8.75. The third-order valence-electron chi connectivity index (χ3n) is 1.76. The number of nitrogen functional groups attached to an aromatic ring is 1. The van der Waals surface area contributed by atoms with Crippen molar-refractivity contribution in [3.05, 3.63) is 21.3 Å². The summed E-state index contributed by atoms with van der Waals surface area (Å²) >= 11 is 2.13. The molecule has 0 unspecified atom stereocenters. The van der Waals surface area contributed by atoms with Gasteiger partial charge < -0.3 is 10.5 Å². The maximum absolute atomic E-state index is 8.75. The highest BCUT2D eigenvalue weighted by Crippen LogP contribution is 2.29. The van der Waals surface area contributed by atoms with Crippen molar-refractivity contribution in [2.24, 2.45) is 5.92 Å². The Morgan fingerprint density at radius 1 is 1.53 bits per heavy atom. The van der Waals surface area contributed by atoms with E-state index in [1.165, 1.54) is 0 Å².